The van der Waals surface area contributed by atoms with Crippen molar-refractivity contribution in [2.75, 3.05) is 7.11 Å². The minimum atomic E-state index is -0.281. The predicted octanol–water partition coefficient (Wildman–Crippen LogP) is 1.99. The summed E-state index contributed by atoms with van der Waals surface area (Å²) in [4.78, 5) is 0. The van der Waals surface area contributed by atoms with Gasteiger partial charge in [-0.1, -0.05) is 18.2 Å². The van der Waals surface area contributed by atoms with Crippen molar-refractivity contribution in [3.63, 3.8) is 0 Å². The molecule has 1 aromatic carbocycles. The fraction of sp³-hybridized carbons (Fsp3) is 0.400. The molecule has 0 aromatic heterocycles. The topological polar surface area (TPSA) is 35.2 Å². The Morgan fingerprint density at radius 1 is 1.54 bits per heavy atom. The summed E-state index contributed by atoms with van der Waals surface area (Å²) in [6, 6.07) is 4.90. The average Bonchev–Trinajstić information content (AvgIpc) is 2.08. The third-order valence-electron chi connectivity index (χ3n) is 1.90. The number of hydrogen-bond acceptors (Lipinski definition) is 2. The van der Waals surface area contributed by atoms with Crippen molar-refractivity contribution in [1.82, 2.24) is 0 Å². The molecule has 0 aliphatic rings. The highest BCUT2D eigenvalue weighted by atomic mass is 19.1. The zero-order valence-corrected chi connectivity index (χ0v) is 7.88. The summed E-state index contributed by atoms with van der Waals surface area (Å²) in [6.07, 6.45) is 0. The predicted molar refractivity (Wildman–Crippen MR) is 49.7 cm³/mol. The molecule has 72 valence electrons. The van der Waals surface area contributed by atoms with Gasteiger partial charge in [-0.2, -0.15) is 0 Å². The SMILES string of the molecule is COCc1cccc(C(C)N)c1F. The highest BCUT2D eigenvalue weighted by Crippen LogP contribution is 2.18. The maximum Gasteiger partial charge on any atom is 0.133 e. The first-order valence-corrected chi connectivity index (χ1v) is 4.18. The lowest BCUT2D eigenvalue weighted by atomic mass is 10.1. The molecule has 1 unspecified atom stereocenters. The van der Waals surface area contributed by atoms with E-state index in [9.17, 15) is 4.39 Å². The Morgan fingerprint density at radius 2 is 2.23 bits per heavy atom. The van der Waals surface area contributed by atoms with E-state index in [1.165, 1.54) is 7.11 Å². The molecule has 1 atom stereocenters. The number of ether oxygens (including phenoxy) is 1. The molecule has 1 aromatic rings. The van der Waals surface area contributed by atoms with Crippen molar-refractivity contribution in [2.45, 2.75) is 19.6 Å². The molecule has 0 saturated heterocycles. The summed E-state index contributed by atoms with van der Waals surface area (Å²) >= 11 is 0. The quantitative estimate of drug-likeness (QED) is 0.777. The second kappa shape index (κ2) is 4.35. The monoisotopic (exact) mass is 183 g/mol. The van der Waals surface area contributed by atoms with Gasteiger partial charge in [0.1, 0.15) is 5.82 Å². The van der Waals surface area contributed by atoms with Gasteiger partial charge in [-0.3, -0.25) is 0 Å². The molecular weight excluding hydrogens is 169 g/mol. The average molecular weight is 183 g/mol. The first-order valence-electron chi connectivity index (χ1n) is 4.18. The molecule has 0 amide bonds. The van der Waals surface area contributed by atoms with E-state index in [1.807, 2.05) is 0 Å². The Hall–Kier alpha value is -0.930. The number of halogens is 1. The number of nitrogens with two attached hydrogens (primary N) is 1. The maximum absolute atomic E-state index is 13.6. The van der Waals surface area contributed by atoms with Crippen LogP contribution in [0, 0.1) is 5.82 Å². The van der Waals surface area contributed by atoms with Gasteiger partial charge in [0.05, 0.1) is 6.61 Å². The van der Waals surface area contributed by atoms with Crippen LogP contribution in [0.5, 0.6) is 0 Å². The third-order valence-corrected chi connectivity index (χ3v) is 1.90. The van der Waals surface area contributed by atoms with Gasteiger partial charge < -0.3 is 10.5 Å². The Balaban J connectivity index is 3.03. The lowest BCUT2D eigenvalue weighted by Crippen LogP contribution is -2.09. The van der Waals surface area contributed by atoms with E-state index in [0.29, 0.717) is 11.1 Å². The van der Waals surface area contributed by atoms with Crippen molar-refractivity contribution >= 4 is 0 Å². The Bertz CT molecular complexity index is 286. The second-order valence-electron chi connectivity index (χ2n) is 3.04. The van der Waals surface area contributed by atoms with Crippen LogP contribution in [0.4, 0.5) is 4.39 Å². The lowest BCUT2D eigenvalue weighted by molar-refractivity contribution is 0.181. The summed E-state index contributed by atoms with van der Waals surface area (Å²) in [5.74, 6) is -0.251. The molecular formula is C10H14FNO. The standard InChI is InChI=1S/C10H14FNO/c1-7(12)9-5-3-4-8(6-13-2)10(9)11/h3-5,7H,6,12H2,1-2H3. The Kier molecular flexibility index (Phi) is 3.39. The molecule has 2 nitrogen and oxygen atoms in total. The van der Waals surface area contributed by atoms with Crippen LogP contribution in [0.3, 0.4) is 0 Å². The fourth-order valence-corrected chi connectivity index (χ4v) is 1.22. The van der Waals surface area contributed by atoms with E-state index in [1.54, 1.807) is 25.1 Å². The van der Waals surface area contributed by atoms with Crippen LogP contribution in [0.15, 0.2) is 18.2 Å². The van der Waals surface area contributed by atoms with E-state index in [-0.39, 0.29) is 18.5 Å². The van der Waals surface area contributed by atoms with Crippen molar-refractivity contribution in [3.05, 3.63) is 35.1 Å². The van der Waals surface area contributed by atoms with E-state index < -0.39 is 0 Å². The van der Waals surface area contributed by atoms with E-state index in [4.69, 9.17) is 10.5 Å². The van der Waals surface area contributed by atoms with Gasteiger partial charge in [-0.05, 0) is 6.92 Å². The second-order valence-corrected chi connectivity index (χ2v) is 3.04. The van der Waals surface area contributed by atoms with Crippen LogP contribution in [0.25, 0.3) is 0 Å². The largest absolute Gasteiger partial charge is 0.380 e. The van der Waals surface area contributed by atoms with E-state index in [2.05, 4.69) is 0 Å². The smallest absolute Gasteiger partial charge is 0.133 e. The van der Waals surface area contributed by atoms with Gasteiger partial charge in [0, 0.05) is 24.3 Å². The molecule has 0 heterocycles. The number of hydrogen-bond donors (Lipinski definition) is 1. The molecule has 0 spiro atoms. The van der Waals surface area contributed by atoms with Crippen molar-refractivity contribution in [3.8, 4) is 0 Å². The molecule has 0 aliphatic heterocycles. The van der Waals surface area contributed by atoms with Gasteiger partial charge in [0.25, 0.3) is 0 Å². The number of benzene rings is 1. The molecule has 0 aliphatic carbocycles. The zero-order valence-electron chi connectivity index (χ0n) is 7.88. The third kappa shape index (κ3) is 2.26. The summed E-state index contributed by atoms with van der Waals surface area (Å²) in [7, 11) is 1.54. The van der Waals surface area contributed by atoms with Crippen molar-refractivity contribution in [2.24, 2.45) is 5.73 Å². The van der Waals surface area contributed by atoms with Crippen LogP contribution in [-0.4, -0.2) is 7.11 Å². The van der Waals surface area contributed by atoms with Crippen LogP contribution in [0.1, 0.15) is 24.1 Å². The van der Waals surface area contributed by atoms with Crippen LogP contribution in [0.2, 0.25) is 0 Å². The number of methoxy groups -OCH3 is 1. The molecule has 13 heavy (non-hydrogen) atoms. The first-order chi connectivity index (χ1) is 6.16. The molecule has 0 saturated carbocycles. The molecule has 0 radical (unpaired) electrons. The molecule has 3 heteroatoms. The van der Waals surface area contributed by atoms with Gasteiger partial charge in [-0.15, -0.1) is 0 Å². The van der Waals surface area contributed by atoms with Crippen molar-refractivity contribution in [1.29, 1.82) is 0 Å². The summed E-state index contributed by atoms with van der Waals surface area (Å²) < 4.78 is 18.4. The molecule has 2 N–H and O–H groups in total. The fourth-order valence-electron chi connectivity index (χ4n) is 1.22. The van der Waals surface area contributed by atoms with Gasteiger partial charge in [0.15, 0.2) is 0 Å². The minimum Gasteiger partial charge on any atom is -0.380 e. The number of rotatable bonds is 3. The highest BCUT2D eigenvalue weighted by Gasteiger charge is 2.10. The normalized spacial score (nSPS) is 12.9. The van der Waals surface area contributed by atoms with Gasteiger partial charge >= 0.3 is 0 Å². The Morgan fingerprint density at radius 3 is 2.77 bits per heavy atom. The van der Waals surface area contributed by atoms with E-state index >= 15 is 0 Å². The van der Waals surface area contributed by atoms with Gasteiger partial charge in [0.2, 0.25) is 0 Å². The first kappa shape index (κ1) is 10.2. The Labute approximate surface area is 77.5 Å². The van der Waals surface area contributed by atoms with Crippen molar-refractivity contribution < 1.29 is 9.13 Å². The zero-order chi connectivity index (χ0) is 9.84. The lowest BCUT2D eigenvalue weighted by Gasteiger charge is -2.10. The highest BCUT2D eigenvalue weighted by molar-refractivity contribution is 5.27. The van der Waals surface area contributed by atoms with Crippen LogP contribution in [-0.2, 0) is 11.3 Å². The summed E-state index contributed by atoms with van der Waals surface area (Å²) in [6.45, 7) is 2.04. The van der Waals surface area contributed by atoms with Crippen LogP contribution < -0.4 is 5.73 Å². The summed E-state index contributed by atoms with van der Waals surface area (Å²) in [5, 5.41) is 0. The molecule has 0 bridgehead atoms. The summed E-state index contributed by atoms with van der Waals surface area (Å²) in [5.41, 5.74) is 6.69. The molecule has 1 rings (SSSR count). The minimum absolute atomic E-state index is 0.251. The molecule has 0 fully saturated rings. The van der Waals surface area contributed by atoms with E-state index in [0.717, 1.165) is 0 Å². The van der Waals surface area contributed by atoms with Gasteiger partial charge in [-0.25, -0.2) is 4.39 Å². The maximum atomic E-state index is 13.6. The van der Waals surface area contributed by atoms with Crippen LogP contribution >= 0.6 is 0 Å².